The molecule has 0 radical (unpaired) electrons. The summed E-state index contributed by atoms with van der Waals surface area (Å²) in [6.07, 6.45) is 2.38. The number of benzene rings is 1. The number of hydrogen-bond donors (Lipinski definition) is 1. The monoisotopic (exact) mass is 266 g/mol. The highest BCUT2D eigenvalue weighted by molar-refractivity contribution is 7.18. The molecular formula is C13H15ClN2S. The molecule has 1 N–H and O–H groups in total. The Hall–Kier alpha value is -0.640. The smallest absolute Gasteiger partial charge is 0.0970 e. The van der Waals surface area contributed by atoms with Crippen molar-refractivity contribution in [2.24, 2.45) is 0 Å². The molecule has 2 unspecified atom stereocenters. The van der Waals surface area contributed by atoms with Crippen molar-refractivity contribution in [2.75, 3.05) is 6.54 Å². The lowest BCUT2D eigenvalue weighted by molar-refractivity contribution is 0.381. The molecule has 0 amide bonds. The Labute approximate surface area is 110 Å². The second-order valence-corrected chi connectivity index (χ2v) is 6.24. The van der Waals surface area contributed by atoms with Crippen molar-refractivity contribution in [3.05, 3.63) is 28.2 Å². The molecule has 0 spiro atoms. The lowest BCUT2D eigenvalue weighted by Gasteiger charge is -2.26. The summed E-state index contributed by atoms with van der Waals surface area (Å²) in [7, 11) is 0. The fourth-order valence-corrected chi connectivity index (χ4v) is 3.71. The van der Waals surface area contributed by atoms with Gasteiger partial charge in [0.25, 0.3) is 0 Å². The molecule has 1 fully saturated rings. The third-order valence-electron chi connectivity index (χ3n) is 3.34. The van der Waals surface area contributed by atoms with Crippen LogP contribution in [0.5, 0.6) is 0 Å². The van der Waals surface area contributed by atoms with Crippen LogP contribution >= 0.6 is 22.9 Å². The van der Waals surface area contributed by atoms with Gasteiger partial charge in [0.1, 0.15) is 0 Å². The predicted molar refractivity (Wildman–Crippen MR) is 74.1 cm³/mol. The summed E-state index contributed by atoms with van der Waals surface area (Å²) in [5.41, 5.74) is 1.05. The van der Waals surface area contributed by atoms with E-state index in [0.717, 1.165) is 17.1 Å². The molecule has 0 saturated carbocycles. The highest BCUT2D eigenvalue weighted by atomic mass is 35.5. The van der Waals surface area contributed by atoms with Crippen molar-refractivity contribution in [3.63, 3.8) is 0 Å². The van der Waals surface area contributed by atoms with E-state index in [4.69, 9.17) is 16.6 Å². The summed E-state index contributed by atoms with van der Waals surface area (Å²) in [6, 6.07) is 6.58. The average Bonchev–Trinajstić information content (AvgIpc) is 2.72. The van der Waals surface area contributed by atoms with Crippen molar-refractivity contribution in [1.82, 2.24) is 10.3 Å². The van der Waals surface area contributed by atoms with E-state index in [1.54, 1.807) is 0 Å². The van der Waals surface area contributed by atoms with Crippen molar-refractivity contribution in [2.45, 2.75) is 31.7 Å². The molecule has 2 atom stereocenters. The van der Waals surface area contributed by atoms with Crippen LogP contribution in [0.4, 0.5) is 0 Å². The number of rotatable bonds is 1. The number of nitrogens with one attached hydrogen (secondary N) is 1. The van der Waals surface area contributed by atoms with Crippen molar-refractivity contribution in [1.29, 1.82) is 0 Å². The Morgan fingerprint density at radius 3 is 3.18 bits per heavy atom. The van der Waals surface area contributed by atoms with E-state index >= 15 is 0 Å². The molecule has 0 aliphatic carbocycles. The van der Waals surface area contributed by atoms with E-state index in [0.29, 0.717) is 12.0 Å². The highest BCUT2D eigenvalue weighted by Crippen LogP contribution is 2.34. The quantitative estimate of drug-likeness (QED) is 0.849. The van der Waals surface area contributed by atoms with Gasteiger partial charge in [0, 0.05) is 17.0 Å². The first-order valence-electron chi connectivity index (χ1n) is 6.02. The summed E-state index contributed by atoms with van der Waals surface area (Å²) in [5, 5.41) is 5.53. The first-order valence-corrected chi connectivity index (χ1v) is 7.21. The number of halogens is 1. The van der Waals surface area contributed by atoms with Crippen molar-refractivity contribution in [3.8, 4) is 0 Å². The number of aromatic nitrogens is 1. The average molecular weight is 267 g/mol. The minimum absolute atomic E-state index is 0.601. The molecule has 90 valence electrons. The molecular weight excluding hydrogens is 252 g/mol. The van der Waals surface area contributed by atoms with Gasteiger partial charge in [-0.25, -0.2) is 4.98 Å². The molecule has 0 bridgehead atoms. The molecule has 1 aliphatic rings. The van der Waals surface area contributed by atoms with Crippen LogP contribution in [-0.4, -0.2) is 17.6 Å². The van der Waals surface area contributed by atoms with Gasteiger partial charge in [0.2, 0.25) is 0 Å². The zero-order valence-electron chi connectivity index (χ0n) is 9.74. The predicted octanol–water partition coefficient (Wildman–Crippen LogP) is 3.81. The van der Waals surface area contributed by atoms with Gasteiger partial charge in [-0.15, -0.1) is 11.3 Å². The third kappa shape index (κ3) is 2.32. The van der Waals surface area contributed by atoms with Crippen LogP contribution in [0.15, 0.2) is 18.2 Å². The fraction of sp³-hybridized carbons (Fsp3) is 0.462. The molecule has 3 rings (SSSR count). The number of hydrogen-bond acceptors (Lipinski definition) is 3. The second kappa shape index (κ2) is 4.56. The lowest BCUT2D eigenvalue weighted by atomic mass is 9.94. The molecule has 1 saturated heterocycles. The van der Waals surface area contributed by atoms with Gasteiger partial charge in [-0.05, 0) is 44.5 Å². The van der Waals surface area contributed by atoms with Gasteiger partial charge in [-0.2, -0.15) is 0 Å². The maximum atomic E-state index is 5.99. The van der Waals surface area contributed by atoms with E-state index in [-0.39, 0.29) is 0 Å². The minimum atomic E-state index is 0.601. The lowest BCUT2D eigenvalue weighted by Crippen LogP contribution is -2.34. The molecule has 17 heavy (non-hydrogen) atoms. The number of thiazole rings is 1. The normalized spacial score (nSPS) is 25.3. The van der Waals surface area contributed by atoms with Gasteiger partial charge < -0.3 is 5.32 Å². The molecule has 2 nitrogen and oxygen atoms in total. The van der Waals surface area contributed by atoms with Crippen LogP contribution in [0.1, 0.15) is 30.7 Å². The van der Waals surface area contributed by atoms with Gasteiger partial charge in [-0.3, -0.25) is 0 Å². The summed E-state index contributed by atoms with van der Waals surface area (Å²) in [5.74, 6) is 0.613. The van der Waals surface area contributed by atoms with E-state index in [1.807, 2.05) is 23.5 Å². The largest absolute Gasteiger partial charge is 0.314 e. The van der Waals surface area contributed by atoms with Crippen LogP contribution in [0.2, 0.25) is 5.02 Å². The van der Waals surface area contributed by atoms with E-state index in [9.17, 15) is 0 Å². The topological polar surface area (TPSA) is 24.9 Å². The van der Waals surface area contributed by atoms with Gasteiger partial charge >= 0.3 is 0 Å². The van der Waals surface area contributed by atoms with E-state index in [2.05, 4.69) is 18.3 Å². The highest BCUT2D eigenvalue weighted by Gasteiger charge is 2.22. The van der Waals surface area contributed by atoms with Gasteiger partial charge in [0.15, 0.2) is 0 Å². The van der Waals surface area contributed by atoms with E-state index in [1.165, 1.54) is 22.5 Å². The Bertz CT molecular complexity index is 537. The van der Waals surface area contributed by atoms with Crippen LogP contribution in [0.25, 0.3) is 10.2 Å². The molecule has 2 heterocycles. The molecule has 1 aromatic heterocycles. The van der Waals surface area contributed by atoms with Crippen LogP contribution in [0.3, 0.4) is 0 Å². The van der Waals surface area contributed by atoms with Gasteiger partial charge in [-0.1, -0.05) is 11.6 Å². The van der Waals surface area contributed by atoms with E-state index < -0.39 is 0 Å². The molecule has 1 aliphatic heterocycles. The minimum Gasteiger partial charge on any atom is -0.314 e. The van der Waals surface area contributed by atoms with Crippen molar-refractivity contribution < 1.29 is 0 Å². The zero-order valence-corrected chi connectivity index (χ0v) is 11.3. The zero-order chi connectivity index (χ0) is 11.8. The Kier molecular flexibility index (Phi) is 3.07. The third-order valence-corrected chi connectivity index (χ3v) is 4.77. The first kappa shape index (κ1) is 11.5. The Morgan fingerprint density at radius 2 is 2.35 bits per heavy atom. The molecule has 2 aromatic rings. The molecule has 4 heteroatoms. The Morgan fingerprint density at radius 1 is 1.47 bits per heavy atom. The number of fused-ring (bicyclic) bond motifs is 1. The summed E-state index contributed by atoms with van der Waals surface area (Å²) >= 11 is 7.81. The number of nitrogens with zero attached hydrogens (tertiary/aromatic N) is 1. The second-order valence-electron chi connectivity index (χ2n) is 4.74. The summed E-state index contributed by atoms with van der Waals surface area (Å²) < 4.78 is 1.25. The van der Waals surface area contributed by atoms with Crippen LogP contribution in [0, 0.1) is 0 Å². The standard InChI is InChI=1S/C13H15ClN2S/c1-8-6-9(4-5-15-8)13-16-11-7-10(14)2-3-12(11)17-13/h2-3,7-9,15H,4-6H2,1H3. The summed E-state index contributed by atoms with van der Waals surface area (Å²) in [4.78, 5) is 4.74. The van der Waals surface area contributed by atoms with Crippen LogP contribution < -0.4 is 5.32 Å². The summed E-state index contributed by atoms with van der Waals surface area (Å²) in [6.45, 7) is 3.35. The van der Waals surface area contributed by atoms with Gasteiger partial charge in [0.05, 0.1) is 15.2 Å². The fourth-order valence-electron chi connectivity index (χ4n) is 2.45. The molecule has 1 aromatic carbocycles. The maximum Gasteiger partial charge on any atom is 0.0970 e. The SMILES string of the molecule is CC1CC(c2nc3cc(Cl)ccc3s2)CCN1. The number of piperidine rings is 1. The maximum absolute atomic E-state index is 5.99. The Balaban J connectivity index is 1.94. The first-order chi connectivity index (χ1) is 8.22. The van der Waals surface area contributed by atoms with Crippen LogP contribution in [-0.2, 0) is 0 Å². The van der Waals surface area contributed by atoms with Crippen molar-refractivity contribution >= 4 is 33.2 Å².